The molecule has 0 fully saturated rings. The zero-order valence-corrected chi connectivity index (χ0v) is 6.93. The number of nitriles is 1. The highest BCUT2D eigenvalue weighted by molar-refractivity contribution is 7.22. The third kappa shape index (κ3) is 0.917. The molecule has 0 aliphatic rings. The lowest BCUT2D eigenvalue weighted by molar-refractivity contribution is 1.45. The van der Waals surface area contributed by atoms with E-state index in [9.17, 15) is 0 Å². The van der Waals surface area contributed by atoms with Crippen molar-refractivity contribution in [2.75, 3.05) is 5.73 Å². The van der Waals surface area contributed by atoms with Gasteiger partial charge in [0.2, 0.25) is 0 Å². The number of anilines is 1. The van der Waals surface area contributed by atoms with Crippen LogP contribution in [0.2, 0.25) is 0 Å². The molecule has 0 amide bonds. The van der Waals surface area contributed by atoms with E-state index in [1.54, 1.807) is 6.07 Å². The number of hydrogen-bond donors (Lipinski definition) is 1. The maximum absolute atomic E-state index is 8.72. The quantitative estimate of drug-likeness (QED) is 0.663. The fraction of sp³-hybridized carbons (Fsp3) is 0. The maximum Gasteiger partial charge on any atom is 0.181 e. The van der Waals surface area contributed by atoms with Gasteiger partial charge in [-0.15, -0.1) is 0 Å². The van der Waals surface area contributed by atoms with Gasteiger partial charge in [0, 0.05) is 0 Å². The molecule has 3 nitrogen and oxygen atoms in total. The number of nitrogen functional groups attached to an aromatic ring is 1. The van der Waals surface area contributed by atoms with Gasteiger partial charge in [0.25, 0.3) is 0 Å². The first-order chi connectivity index (χ1) is 5.81. The normalized spacial score (nSPS) is 9.92. The van der Waals surface area contributed by atoms with Crippen molar-refractivity contribution >= 4 is 26.7 Å². The number of fused-ring (bicyclic) bond motifs is 1. The van der Waals surface area contributed by atoms with E-state index in [-0.39, 0.29) is 0 Å². The highest BCUT2D eigenvalue weighted by Crippen LogP contribution is 2.25. The molecule has 0 bridgehead atoms. The van der Waals surface area contributed by atoms with Crippen LogP contribution in [0.3, 0.4) is 0 Å². The average molecular weight is 175 g/mol. The fourth-order valence-electron chi connectivity index (χ4n) is 1.06. The van der Waals surface area contributed by atoms with Gasteiger partial charge in [-0.2, -0.15) is 5.26 Å². The minimum absolute atomic E-state index is 0.507. The molecule has 58 valence electrons. The molecule has 1 aromatic heterocycles. The Kier molecular flexibility index (Phi) is 1.45. The standard InChI is InChI=1S/C8H5N3S/c9-4-5-2-1-3-6-7(5)11-8(10)12-6/h1-3H,(H2,10,11). The third-order valence-corrected chi connectivity index (χ3v) is 2.41. The Morgan fingerprint density at radius 3 is 3.08 bits per heavy atom. The Bertz CT molecular complexity index is 467. The van der Waals surface area contributed by atoms with Crippen LogP contribution in [0.1, 0.15) is 5.56 Å². The Morgan fingerprint density at radius 1 is 1.50 bits per heavy atom. The van der Waals surface area contributed by atoms with Crippen LogP contribution in [-0.4, -0.2) is 4.98 Å². The lowest BCUT2D eigenvalue weighted by Gasteiger charge is -1.87. The summed E-state index contributed by atoms with van der Waals surface area (Å²) in [5.41, 5.74) is 6.81. The molecular formula is C8H5N3S. The molecule has 0 saturated heterocycles. The first kappa shape index (κ1) is 7.07. The molecule has 12 heavy (non-hydrogen) atoms. The summed E-state index contributed by atoms with van der Waals surface area (Å²) in [5.74, 6) is 0. The van der Waals surface area contributed by atoms with Gasteiger partial charge in [0.1, 0.15) is 11.6 Å². The number of nitrogens with two attached hydrogens (primary N) is 1. The van der Waals surface area contributed by atoms with E-state index in [0.717, 1.165) is 4.70 Å². The van der Waals surface area contributed by atoms with Crippen molar-refractivity contribution in [1.82, 2.24) is 4.98 Å². The Hall–Kier alpha value is -1.60. The Balaban J connectivity index is 2.89. The Morgan fingerprint density at radius 2 is 2.33 bits per heavy atom. The smallest absolute Gasteiger partial charge is 0.181 e. The summed E-state index contributed by atoms with van der Waals surface area (Å²) < 4.78 is 0.964. The van der Waals surface area contributed by atoms with E-state index < -0.39 is 0 Å². The first-order valence-corrected chi connectivity index (χ1v) is 4.18. The van der Waals surface area contributed by atoms with Gasteiger partial charge in [0.15, 0.2) is 5.13 Å². The van der Waals surface area contributed by atoms with Crippen LogP contribution in [0.4, 0.5) is 5.13 Å². The minimum atomic E-state index is 0.507. The van der Waals surface area contributed by atoms with E-state index in [4.69, 9.17) is 11.0 Å². The van der Waals surface area contributed by atoms with Crippen LogP contribution in [0.15, 0.2) is 18.2 Å². The fourth-order valence-corrected chi connectivity index (χ4v) is 1.82. The summed E-state index contributed by atoms with van der Waals surface area (Å²) in [4.78, 5) is 4.06. The molecule has 0 atom stereocenters. The summed E-state index contributed by atoms with van der Waals surface area (Å²) in [6.07, 6.45) is 0. The lowest BCUT2D eigenvalue weighted by Crippen LogP contribution is -1.81. The molecular weight excluding hydrogens is 170 g/mol. The van der Waals surface area contributed by atoms with Gasteiger partial charge in [-0.1, -0.05) is 17.4 Å². The van der Waals surface area contributed by atoms with Crippen LogP contribution < -0.4 is 5.73 Å². The number of rotatable bonds is 0. The monoisotopic (exact) mass is 175 g/mol. The summed E-state index contributed by atoms with van der Waals surface area (Å²) in [7, 11) is 0. The van der Waals surface area contributed by atoms with Crippen molar-refractivity contribution in [3.8, 4) is 6.07 Å². The minimum Gasteiger partial charge on any atom is -0.375 e. The highest BCUT2D eigenvalue weighted by Gasteiger charge is 2.04. The zero-order valence-electron chi connectivity index (χ0n) is 6.11. The van der Waals surface area contributed by atoms with E-state index in [2.05, 4.69) is 11.1 Å². The van der Waals surface area contributed by atoms with Gasteiger partial charge >= 0.3 is 0 Å². The van der Waals surface area contributed by atoms with Crippen molar-refractivity contribution in [3.63, 3.8) is 0 Å². The topological polar surface area (TPSA) is 62.7 Å². The summed E-state index contributed by atoms with van der Waals surface area (Å²) in [5, 5.41) is 9.23. The van der Waals surface area contributed by atoms with Crippen molar-refractivity contribution in [2.45, 2.75) is 0 Å². The molecule has 0 aliphatic carbocycles. The van der Waals surface area contributed by atoms with Crippen molar-refractivity contribution in [2.24, 2.45) is 0 Å². The third-order valence-electron chi connectivity index (χ3n) is 1.56. The molecule has 0 saturated carbocycles. The summed E-state index contributed by atoms with van der Waals surface area (Å²) in [6, 6.07) is 7.55. The molecule has 0 aliphatic heterocycles. The number of benzene rings is 1. The predicted octanol–water partition coefficient (Wildman–Crippen LogP) is 1.75. The molecule has 2 aromatic rings. The SMILES string of the molecule is N#Cc1cccc2sc(N)nc12. The predicted molar refractivity (Wildman–Crippen MR) is 48.7 cm³/mol. The summed E-state index contributed by atoms with van der Waals surface area (Å²) in [6.45, 7) is 0. The van der Waals surface area contributed by atoms with Crippen LogP contribution >= 0.6 is 11.3 Å². The number of nitrogens with zero attached hydrogens (tertiary/aromatic N) is 2. The first-order valence-electron chi connectivity index (χ1n) is 3.36. The van der Waals surface area contributed by atoms with Crippen LogP contribution in [0, 0.1) is 11.3 Å². The number of thiazole rings is 1. The molecule has 2 N–H and O–H groups in total. The zero-order chi connectivity index (χ0) is 8.55. The van der Waals surface area contributed by atoms with Gasteiger partial charge in [0.05, 0.1) is 10.3 Å². The number of para-hydroxylation sites is 1. The van der Waals surface area contributed by atoms with Gasteiger partial charge in [-0.05, 0) is 12.1 Å². The van der Waals surface area contributed by atoms with Crippen LogP contribution in [0.5, 0.6) is 0 Å². The maximum atomic E-state index is 8.72. The molecule has 0 unspecified atom stereocenters. The molecule has 1 heterocycles. The van der Waals surface area contributed by atoms with Gasteiger partial charge < -0.3 is 5.73 Å². The largest absolute Gasteiger partial charge is 0.375 e. The van der Waals surface area contributed by atoms with Gasteiger partial charge in [-0.25, -0.2) is 4.98 Å². The molecule has 2 rings (SSSR count). The lowest BCUT2D eigenvalue weighted by atomic mass is 10.2. The van der Waals surface area contributed by atoms with Crippen LogP contribution in [-0.2, 0) is 0 Å². The second kappa shape index (κ2) is 2.47. The van der Waals surface area contributed by atoms with E-state index >= 15 is 0 Å². The second-order valence-corrected chi connectivity index (χ2v) is 3.38. The summed E-state index contributed by atoms with van der Waals surface area (Å²) >= 11 is 1.40. The van der Waals surface area contributed by atoms with Crippen molar-refractivity contribution in [3.05, 3.63) is 23.8 Å². The van der Waals surface area contributed by atoms with Crippen molar-refractivity contribution < 1.29 is 0 Å². The van der Waals surface area contributed by atoms with E-state index in [1.807, 2.05) is 12.1 Å². The number of aromatic nitrogens is 1. The Labute approximate surface area is 73.1 Å². The van der Waals surface area contributed by atoms with E-state index in [1.165, 1.54) is 11.3 Å². The molecule has 0 spiro atoms. The van der Waals surface area contributed by atoms with Crippen molar-refractivity contribution in [1.29, 1.82) is 5.26 Å². The van der Waals surface area contributed by atoms with E-state index in [0.29, 0.717) is 16.2 Å². The molecule has 1 aromatic carbocycles. The molecule has 0 radical (unpaired) electrons. The number of hydrogen-bond acceptors (Lipinski definition) is 4. The second-order valence-electron chi connectivity index (χ2n) is 2.32. The van der Waals surface area contributed by atoms with Gasteiger partial charge in [-0.3, -0.25) is 0 Å². The highest BCUT2D eigenvalue weighted by atomic mass is 32.1. The molecule has 4 heteroatoms. The average Bonchev–Trinajstić information content (AvgIpc) is 2.44. The van der Waals surface area contributed by atoms with Crippen LogP contribution in [0.25, 0.3) is 10.2 Å².